The lowest BCUT2D eigenvalue weighted by atomic mass is 10.0. The first-order valence-electron chi connectivity index (χ1n) is 7.11. The smallest absolute Gasteiger partial charge is 0.193 e. The molecule has 0 spiro atoms. The zero-order valence-corrected chi connectivity index (χ0v) is 13.9. The van der Waals surface area contributed by atoms with E-state index in [2.05, 4.69) is 63.7 Å². The number of rotatable bonds is 6. The minimum absolute atomic E-state index is 0.301. The van der Waals surface area contributed by atoms with Crippen LogP contribution >= 0.6 is 23.1 Å². The summed E-state index contributed by atoms with van der Waals surface area (Å²) in [6, 6.07) is 9.16. The fourth-order valence-corrected chi connectivity index (χ4v) is 3.81. The van der Waals surface area contributed by atoms with Crippen LogP contribution in [-0.4, -0.2) is 22.2 Å². The van der Waals surface area contributed by atoms with E-state index in [0.717, 1.165) is 22.8 Å². The molecule has 0 saturated heterocycles. The number of nitrogens with one attached hydrogen (secondary N) is 1. The highest BCUT2D eigenvalue weighted by Gasteiger charge is 2.13. The lowest BCUT2D eigenvalue weighted by Crippen LogP contribution is -2.18. The fraction of sp³-hybridized carbons (Fsp3) is 0.312. The van der Waals surface area contributed by atoms with Crippen LogP contribution in [0.4, 0.5) is 0 Å². The summed E-state index contributed by atoms with van der Waals surface area (Å²) in [4.78, 5) is 7.07. The molecule has 2 aromatic heterocycles. The van der Waals surface area contributed by atoms with Gasteiger partial charge in [-0.25, -0.2) is 4.98 Å². The molecule has 1 aromatic carbocycles. The first-order valence-corrected chi connectivity index (χ1v) is 8.97. The number of nitrogens with zero attached hydrogens (tertiary/aromatic N) is 2. The topological polar surface area (TPSA) is 29.3 Å². The number of imidazole rings is 1. The van der Waals surface area contributed by atoms with Crippen LogP contribution in [-0.2, 0) is 6.42 Å². The Bertz CT molecular complexity index is 671. The first kappa shape index (κ1) is 14.6. The van der Waals surface area contributed by atoms with Gasteiger partial charge in [0, 0.05) is 35.1 Å². The lowest BCUT2D eigenvalue weighted by Gasteiger charge is -2.15. The van der Waals surface area contributed by atoms with Gasteiger partial charge in [0.1, 0.15) is 0 Å². The molecule has 0 saturated carbocycles. The maximum atomic E-state index is 4.67. The number of aromatic nitrogens is 2. The van der Waals surface area contributed by atoms with Crippen LogP contribution in [0.1, 0.15) is 24.2 Å². The van der Waals surface area contributed by atoms with Crippen molar-refractivity contribution in [2.24, 2.45) is 0 Å². The van der Waals surface area contributed by atoms with Crippen LogP contribution in [0.5, 0.6) is 0 Å². The molecule has 5 heteroatoms. The molecule has 1 unspecified atom stereocenters. The Morgan fingerprint density at radius 2 is 2.14 bits per heavy atom. The maximum absolute atomic E-state index is 4.67. The molecule has 0 fully saturated rings. The van der Waals surface area contributed by atoms with Crippen molar-refractivity contribution in [1.29, 1.82) is 0 Å². The van der Waals surface area contributed by atoms with Crippen LogP contribution in [0.2, 0.25) is 0 Å². The molecule has 0 aliphatic rings. The minimum Gasteiger partial charge on any atom is -0.313 e. The Morgan fingerprint density at radius 3 is 2.81 bits per heavy atom. The van der Waals surface area contributed by atoms with E-state index >= 15 is 0 Å². The summed E-state index contributed by atoms with van der Waals surface area (Å²) in [6.45, 7) is 2.18. The van der Waals surface area contributed by atoms with E-state index in [1.807, 2.05) is 18.8 Å². The summed E-state index contributed by atoms with van der Waals surface area (Å²) in [5.41, 5.74) is 2.45. The summed E-state index contributed by atoms with van der Waals surface area (Å²) in [5, 5.41) is 5.46. The van der Waals surface area contributed by atoms with Gasteiger partial charge in [0.05, 0.1) is 5.69 Å². The molecule has 0 aliphatic heterocycles. The Morgan fingerprint density at radius 1 is 1.33 bits per heavy atom. The Labute approximate surface area is 133 Å². The summed E-state index contributed by atoms with van der Waals surface area (Å²) in [5.74, 6) is 1.11. The van der Waals surface area contributed by atoms with Crippen molar-refractivity contribution in [2.45, 2.75) is 24.3 Å². The molecule has 0 bridgehead atoms. The third kappa shape index (κ3) is 3.31. The number of hydrogen-bond acceptors (Lipinski definition) is 4. The van der Waals surface area contributed by atoms with Crippen LogP contribution in [0.25, 0.3) is 4.96 Å². The van der Waals surface area contributed by atoms with Crippen LogP contribution in [0.3, 0.4) is 0 Å². The number of thiazole rings is 1. The predicted octanol–water partition coefficient (Wildman–Crippen LogP) is 4.01. The molecule has 0 aliphatic carbocycles. The van der Waals surface area contributed by atoms with Gasteiger partial charge in [-0.2, -0.15) is 0 Å². The highest BCUT2D eigenvalue weighted by atomic mass is 32.2. The average Bonchev–Trinajstić information content (AvgIpc) is 3.07. The summed E-state index contributed by atoms with van der Waals surface area (Å²) < 4.78 is 2.09. The van der Waals surface area contributed by atoms with Gasteiger partial charge in [-0.15, -0.1) is 23.1 Å². The normalized spacial score (nSPS) is 12.9. The molecule has 1 atom stereocenters. The maximum Gasteiger partial charge on any atom is 0.193 e. The molecular formula is C16H19N3S2. The molecule has 2 heterocycles. The number of benzene rings is 1. The fourth-order valence-electron chi connectivity index (χ4n) is 2.43. The van der Waals surface area contributed by atoms with E-state index in [1.54, 1.807) is 11.3 Å². The van der Waals surface area contributed by atoms with Crippen molar-refractivity contribution in [3.8, 4) is 0 Å². The summed E-state index contributed by atoms with van der Waals surface area (Å²) >= 11 is 3.55. The molecule has 0 amide bonds. The monoisotopic (exact) mass is 317 g/mol. The van der Waals surface area contributed by atoms with Crippen LogP contribution < -0.4 is 5.32 Å². The van der Waals surface area contributed by atoms with Gasteiger partial charge in [0.2, 0.25) is 0 Å². The zero-order valence-electron chi connectivity index (χ0n) is 12.2. The van der Waals surface area contributed by atoms with Gasteiger partial charge >= 0.3 is 0 Å². The van der Waals surface area contributed by atoms with Gasteiger partial charge in [0.15, 0.2) is 4.96 Å². The second-order valence-corrected chi connectivity index (χ2v) is 7.08. The zero-order chi connectivity index (χ0) is 14.7. The van der Waals surface area contributed by atoms with E-state index in [0.29, 0.717) is 6.04 Å². The van der Waals surface area contributed by atoms with Crippen molar-refractivity contribution in [3.63, 3.8) is 0 Å². The quantitative estimate of drug-likeness (QED) is 0.697. The molecule has 3 nitrogen and oxygen atoms in total. The van der Waals surface area contributed by atoms with Crippen LogP contribution in [0, 0.1) is 0 Å². The highest BCUT2D eigenvalue weighted by molar-refractivity contribution is 7.99. The van der Waals surface area contributed by atoms with E-state index in [9.17, 15) is 0 Å². The number of fused-ring (bicyclic) bond motifs is 1. The third-order valence-corrected chi connectivity index (χ3v) is 5.16. The second-order valence-electron chi connectivity index (χ2n) is 4.87. The molecule has 21 heavy (non-hydrogen) atoms. The Kier molecular flexibility index (Phi) is 4.63. The molecule has 3 aromatic rings. The highest BCUT2D eigenvalue weighted by Crippen LogP contribution is 2.23. The standard InChI is InChI=1S/C16H19N3S2/c1-3-20-14-6-4-12(5-7-14)15(17-2)10-13-11-19-8-9-21-16(19)18-13/h4-9,11,15,17H,3,10H2,1-2H3. The van der Waals surface area contributed by atoms with E-state index in [1.165, 1.54) is 10.5 Å². The van der Waals surface area contributed by atoms with Crippen molar-refractivity contribution in [1.82, 2.24) is 14.7 Å². The second kappa shape index (κ2) is 6.64. The largest absolute Gasteiger partial charge is 0.313 e. The first-order chi connectivity index (χ1) is 10.3. The van der Waals surface area contributed by atoms with Crippen LogP contribution in [0.15, 0.2) is 46.9 Å². The molecule has 1 N–H and O–H groups in total. The van der Waals surface area contributed by atoms with Crippen molar-refractivity contribution < 1.29 is 0 Å². The minimum atomic E-state index is 0.301. The number of hydrogen-bond donors (Lipinski definition) is 1. The SMILES string of the molecule is CCSc1ccc(C(Cc2cn3ccsc3n2)NC)cc1. The number of thioether (sulfide) groups is 1. The van der Waals surface area contributed by atoms with E-state index in [4.69, 9.17) is 0 Å². The molecule has 110 valence electrons. The predicted molar refractivity (Wildman–Crippen MR) is 91.4 cm³/mol. The average molecular weight is 317 g/mol. The van der Waals surface area contributed by atoms with Gasteiger partial charge in [0.25, 0.3) is 0 Å². The lowest BCUT2D eigenvalue weighted by molar-refractivity contribution is 0.585. The van der Waals surface area contributed by atoms with Gasteiger partial charge in [-0.1, -0.05) is 19.1 Å². The number of likely N-dealkylation sites (N-methyl/N-ethyl adjacent to an activating group) is 1. The van der Waals surface area contributed by atoms with Crippen molar-refractivity contribution in [3.05, 3.63) is 53.3 Å². The molecule has 3 rings (SSSR count). The Hall–Kier alpha value is -1.30. The summed E-state index contributed by atoms with van der Waals surface area (Å²) in [7, 11) is 2.01. The van der Waals surface area contributed by atoms with Gasteiger partial charge < -0.3 is 5.32 Å². The van der Waals surface area contributed by atoms with Crippen molar-refractivity contribution in [2.75, 3.05) is 12.8 Å². The van der Waals surface area contributed by atoms with E-state index in [-0.39, 0.29) is 0 Å². The van der Waals surface area contributed by atoms with E-state index < -0.39 is 0 Å². The van der Waals surface area contributed by atoms with Gasteiger partial charge in [-0.05, 0) is 30.5 Å². The summed E-state index contributed by atoms with van der Waals surface area (Å²) in [6.07, 6.45) is 5.09. The molecule has 0 radical (unpaired) electrons. The third-order valence-electron chi connectivity index (χ3n) is 3.50. The van der Waals surface area contributed by atoms with Gasteiger partial charge in [-0.3, -0.25) is 4.40 Å². The Balaban J connectivity index is 1.76. The van der Waals surface area contributed by atoms with Crippen molar-refractivity contribution >= 4 is 28.1 Å². The molecular weight excluding hydrogens is 298 g/mol.